The lowest BCUT2D eigenvalue weighted by atomic mass is 10.1. The molecule has 0 fully saturated rings. The minimum absolute atomic E-state index is 0.0269. The van der Waals surface area contributed by atoms with Gasteiger partial charge in [0.05, 0.1) is 7.11 Å². The quantitative estimate of drug-likeness (QED) is 0.429. The van der Waals surface area contributed by atoms with Gasteiger partial charge in [-0.3, -0.25) is 9.20 Å². The molecule has 0 aliphatic carbocycles. The van der Waals surface area contributed by atoms with E-state index in [9.17, 15) is 4.79 Å². The van der Waals surface area contributed by atoms with E-state index in [1.807, 2.05) is 53.9 Å². The van der Waals surface area contributed by atoms with Crippen LogP contribution in [0.4, 0.5) is 5.82 Å². The first kappa shape index (κ1) is 20.9. The first-order valence-electron chi connectivity index (χ1n) is 10.6. The second-order valence-corrected chi connectivity index (χ2v) is 7.51. The molecule has 0 radical (unpaired) electrons. The van der Waals surface area contributed by atoms with Crippen molar-refractivity contribution in [2.45, 2.75) is 58.8 Å². The van der Waals surface area contributed by atoms with Crippen LogP contribution < -0.4 is 10.1 Å². The van der Waals surface area contributed by atoms with Crippen LogP contribution in [-0.4, -0.2) is 22.4 Å². The van der Waals surface area contributed by atoms with Crippen molar-refractivity contribution in [3.8, 4) is 17.0 Å². The fraction of sp³-hybridized carbons (Fsp3) is 0.417. The van der Waals surface area contributed by atoms with E-state index in [0.29, 0.717) is 12.2 Å². The molecule has 2 heterocycles. The van der Waals surface area contributed by atoms with Gasteiger partial charge in [0.15, 0.2) is 0 Å². The lowest BCUT2D eigenvalue weighted by molar-refractivity contribution is -0.116. The first-order chi connectivity index (χ1) is 14.1. The van der Waals surface area contributed by atoms with Crippen molar-refractivity contribution in [3.05, 3.63) is 48.2 Å². The number of nitrogens with one attached hydrogen (secondary N) is 1. The third kappa shape index (κ3) is 5.17. The third-order valence-corrected chi connectivity index (χ3v) is 5.16. The van der Waals surface area contributed by atoms with Gasteiger partial charge in [-0.15, -0.1) is 0 Å². The summed E-state index contributed by atoms with van der Waals surface area (Å²) in [4.78, 5) is 17.5. The van der Waals surface area contributed by atoms with Gasteiger partial charge in [-0.2, -0.15) is 0 Å². The number of amides is 1. The summed E-state index contributed by atoms with van der Waals surface area (Å²) in [6.07, 6.45) is 9.45. The summed E-state index contributed by atoms with van der Waals surface area (Å²) in [7, 11) is 1.65. The van der Waals surface area contributed by atoms with Gasteiger partial charge in [-0.25, -0.2) is 4.98 Å². The molecular weight excluding hydrogens is 362 g/mol. The minimum Gasteiger partial charge on any atom is -0.496 e. The van der Waals surface area contributed by atoms with Crippen LogP contribution in [0, 0.1) is 6.92 Å². The summed E-state index contributed by atoms with van der Waals surface area (Å²) in [5, 5.41) is 3.11. The van der Waals surface area contributed by atoms with Crippen molar-refractivity contribution in [2.75, 3.05) is 12.4 Å². The molecule has 0 saturated heterocycles. The highest BCUT2D eigenvalue weighted by Gasteiger charge is 2.19. The van der Waals surface area contributed by atoms with Crippen LogP contribution in [0.1, 0.15) is 57.4 Å². The van der Waals surface area contributed by atoms with Crippen molar-refractivity contribution in [3.63, 3.8) is 0 Å². The van der Waals surface area contributed by atoms with Crippen LogP contribution in [0.25, 0.3) is 16.9 Å². The molecule has 2 aromatic heterocycles. The highest BCUT2D eigenvalue weighted by atomic mass is 16.5. The molecular formula is C24H31N3O2. The van der Waals surface area contributed by atoms with Crippen LogP contribution >= 0.6 is 0 Å². The van der Waals surface area contributed by atoms with Crippen molar-refractivity contribution in [2.24, 2.45) is 0 Å². The number of anilines is 1. The molecule has 1 N–H and O–H groups in total. The maximum absolute atomic E-state index is 12.7. The maximum atomic E-state index is 12.7. The molecule has 3 rings (SSSR count). The molecule has 154 valence electrons. The van der Waals surface area contributed by atoms with Gasteiger partial charge in [-0.05, 0) is 43.2 Å². The Bertz CT molecular complexity index is 962. The van der Waals surface area contributed by atoms with E-state index < -0.39 is 0 Å². The summed E-state index contributed by atoms with van der Waals surface area (Å²) < 4.78 is 7.47. The van der Waals surface area contributed by atoms with E-state index in [0.717, 1.165) is 41.1 Å². The van der Waals surface area contributed by atoms with Gasteiger partial charge >= 0.3 is 0 Å². The molecule has 5 heteroatoms. The van der Waals surface area contributed by atoms with Crippen molar-refractivity contribution >= 4 is 17.4 Å². The summed E-state index contributed by atoms with van der Waals surface area (Å²) in [5.74, 6) is 1.46. The fourth-order valence-corrected chi connectivity index (χ4v) is 3.55. The number of para-hydroxylation sites is 1. The van der Waals surface area contributed by atoms with E-state index in [1.54, 1.807) is 7.11 Å². The van der Waals surface area contributed by atoms with Gasteiger partial charge in [0.25, 0.3) is 0 Å². The van der Waals surface area contributed by atoms with E-state index in [2.05, 4.69) is 12.2 Å². The second kappa shape index (κ2) is 10.1. The number of pyridine rings is 1. The fourth-order valence-electron chi connectivity index (χ4n) is 3.55. The summed E-state index contributed by atoms with van der Waals surface area (Å²) in [6, 6.07) is 11.8. The summed E-state index contributed by atoms with van der Waals surface area (Å²) >= 11 is 0. The number of benzene rings is 1. The SMILES string of the molecule is CCCCCCCCC(=O)Nc1c(-c2ccccc2OC)nc2cc(C)ccn12. The van der Waals surface area contributed by atoms with Crippen LogP contribution in [0.2, 0.25) is 0 Å². The van der Waals surface area contributed by atoms with Gasteiger partial charge in [-0.1, -0.05) is 51.2 Å². The molecule has 0 unspecified atom stereocenters. The molecule has 0 spiro atoms. The number of hydrogen-bond donors (Lipinski definition) is 1. The van der Waals surface area contributed by atoms with Crippen molar-refractivity contribution in [1.82, 2.24) is 9.38 Å². The van der Waals surface area contributed by atoms with Gasteiger partial charge < -0.3 is 10.1 Å². The lowest BCUT2D eigenvalue weighted by Gasteiger charge is -2.10. The summed E-state index contributed by atoms with van der Waals surface area (Å²) in [5.41, 5.74) is 3.52. The number of ether oxygens (including phenoxy) is 1. The zero-order valence-electron chi connectivity index (χ0n) is 17.7. The molecule has 1 aromatic carbocycles. The number of rotatable bonds is 10. The Hall–Kier alpha value is -2.82. The van der Waals surface area contributed by atoms with Crippen LogP contribution in [0.15, 0.2) is 42.6 Å². The number of carbonyl (C=O) groups excluding carboxylic acids is 1. The highest BCUT2D eigenvalue weighted by Crippen LogP contribution is 2.35. The Labute approximate surface area is 173 Å². The average Bonchev–Trinajstić information content (AvgIpc) is 3.07. The summed E-state index contributed by atoms with van der Waals surface area (Å²) in [6.45, 7) is 4.25. The highest BCUT2D eigenvalue weighted by molar-refractivity contribution is 5.95. The maximum Gasteiger partial charge on any atom is 0.225 e. The Morgan fingerprint density at radius 3 is 2.66 bits per heavy atom. The Morgan fingerprint density at radius 2 is 1.86 bits per heavy atom. The lowest BCUT2D eigenvalue weighted by Crippen LogP contribution is -2.13. The number of hydrogen-bond acceptors (Lipinski definition) is 3. The van der Waals surface area contributed by atoms with Gasteiger partial charge in [0, 0.05) is 18.2 Å². The van der Waals surface area contributed by atoms with E-state index in [-0.39, 0.29) is 5.91 Å². The molecule has 0 aliphatic heterocycles. The second-order valence-electron chi connectivity index (χ2n) is 7.51. The number of aromatic nitrogens is 2. The average molecular weight is 394 g/mol. The number of nitrogens with zero attached hydrogens (tertiary/aromatic N) is 2. The number of aryl methyl sites for hydroxylation is 1. The molecule has 3 aromatic rings. The Balaban J connectivity index is 1.83. The molecule has 5 nitrogen and oxygen atoms in total. The Kier molecular flexibility index (Phi) is 7.28. The molecule has 0 aliphatic rings. The molecule has 29 heavy (non-hydrogen) atoms. The predicted molar refractivity (Wildman–Crippen MR) is 119 cm³/mol. The van der Waals surface area contributed by atoms with Gasteiger partial charge in [0.2, 0.25) is 5.91 Å². The first-order valence-corrected chi connectivity index (χ1v) is 10.6. The standard InChI is InChI=1S/C24H31N3O2/c1-4-5-6-7-8-9-14-22(28)26-24-23(19-12-10-11-13-20(19)29-3)25-21-17-18(2)15-16-27(21)24/h10-13,15-17H,4-9,14H2,1-3H3,(H,26,28). The Morgan fingerprint density at radius 1 is 1.10 bits per heavy atom. The van der Waals surface area contributed by atoms with Crippen LogP contribution in [0.5, 0.6) is 5.75 Å². The van der Waals surface area contributed by atoms with Crippen LogP contribution in [-0.2, 0) is 4.79 Å². The monoisotopic (exact) mass is 393 g/mol. The predicted octanol–water partition coefficient (Wildman–Crippen LogP) is 6.01. The van der Waals surface area contributed by atoms with Gasteiger partial charge in [0.1, 0.15) is 22.9 Å². The number of carbonyl (C=O) groups is 1. The zero-order valence-corrected chi connectivity index (χ0v) is 17.7. The largest absolute Gasteiger partial charge is 0.496 e. The number of unbranched alkanes of at least 4 members (excludes halogenated alkanes) is 5. The van der Waals surface area contributed by atoms with E-state index in [1.165, 1.54) is 25.7 Å². The molecule has 0 saturated carbocycles. The minimum atomic E-state index is 0.0269. The molecule has 0 atom stereocenters. The third-order valence-electron chi connectivity index (χ3n) is 5.16. The van der Waals surface area contributed by atoms with E-state index >= 15 is 0 Å². The number of methoxy groups -OCH3 is 1. The smallest absolute Gasteiger partial charge is 0.225 e. The number of imidazole rings is 1. The van der Waals surface area contributed by atoms with Crippen LogP contribution in [0.3, 0.4) is 0 Å². The molecule has 0 bridgehead atoms. The van der Waals surface area contributed by atoms with Crippen molar-refractivity contribution in [1.29, 1.82) is 0 Å². The van der Waals surface area contributed by atoms with Crippen molar-refractivity contribution < 1.29 is 9.53 Å². The number of fused-ring (bicyclic) bond motifs is 1. The molecule has 1 amide bonds. The normalized spacial score (nSPS) is 11.0. The topological polar surface area (TPSA) is 55.6 Å². The zero-order chi connectivity index (χ0) is 20.6. The van der Waals surface area contributed by atoms with E-state index in [4.69, 9.17) is 9.72 Å².